The fraction of sp³-hybridized carbons (Fsp3) is 0.176. The number of primary amides is 1. The standard InChI is InChI=1S/C17H17BrN2O3/c1-11(12-5-7-14(18)8-6-12)20-17(22)13-3-2-4-15(9-13)23-10-16(19)21/h2-9,11H,10H2,1H3,(H2,19,21)(H,20,22). The van der Waals surface area contributed by atoms with Gasteiger partial charge in [0.25, 0.3) is 11.8 Å². The summed E-state index contributed by atoms with van der Waals surface area (Å²) in [4.78, 5) is 23.1. The Labute approximate surface area is 143 Å². The highest BCUT2D eigenvalue weighted by Crippen LogP contribution is 2.18. The average Bonchev–Trinajstić information content (AvgIpc) is 2.53. The smallest absolute Gasteiger partial charge is 0.255 e. The third kappa shape index (κ3) is 5.10. The monoisotopic (exact) mass is 376 g/mol. The van der Waals surface area contributed by atoms with E-state index in [9.17, 15) is 9.59 Å². The van der Waals surface area contributed by atoms with Crippen molar-refractivity contribution >= 4 is 27.7 Å². The molecule has 5 nitrogen and oxygen atoms in total. The molecule has 0 aromatic heterocycles. The zero-order valence-corrected chi connectivity index (χ0v) is 14.2. The molecule has 120 valence electrons. The van der Waals surface area contributed by atoms with E-state index < -0.39 is 5.91 Å². The van der Waals surface area contributed by atoms with Crippen molar-refractivity contribution in [3.63, 3.8) is 0 Å². The molecule has 2 rings (SSSR count). The van der Waals surface area contributed by atoms with Crippen LogP contribution in [0.1, 0.15) is 28.9 Å². The summed E-state index contributed by atoms with van der Waals surface area (Å²) in [5, 5.41) is 2.92. The Kier molecular flexibility index (Phi) is 5.76. The molecule has 2 aromatic rings. The van der Waals surface area contributed by atoms with E-state index in [1.165, 1.54) is 0 Å². The van der Waals surface area contributed by atoms with Crippen molar-refractivity contribution < 1.29 is 14.3 Å². The van der Waals surface area contributed by atoms with E-state index >= 15 is 0 Å². The van der Waals surface area contributed by atoms with Gasteiger partial charge in [0, 0.05) is 10.0 Å². The Morgan fingerprint density at radius 1 is 1.22 bits per heavy atom. The van der Waals surface area contributed by atoms with Crippen LogP contribution in [0.4, 0.5) is 0 Å². The first-order valence-corrected chi connectivity index (χ1v) is 7.82. The summed E-state index contributed by atoms with van der Waals surface area (Å²) in [6.07, 6.45) is 0. The first-order valence-electron chi connectivity index (χ1n) is 7.03. The predicted molar refractivity (Wildman–Crippen MR) is 91.2 cm³/mol. The van der Waals surface area contributed by atoms with Gasteiger partial charge in [0.2, 0.25) is 0 Å². The maximum Gasteiger partial charge on any atom is 0.255 e. The molecule has 6 heteroatoms. The minimum Gasteiger partial charge on any atom is -0.484 e. The number of benzene rings is 2. The number of carbonyl (C=O) groups excluding carboxylic acids is 2. The van der Waals surface area contributed by atoms with Crippen molar-refractivity contribution in [3.05, 3.63) is 64.1 Å². The van der Waals surface area contributed by atoms with Gasteiger partial charge in [-0.2, -0.15) is 0 Å². The molecule has 0 bridgehead atoms. The molecule has 0 aliphatic rings. The van der Waals surface area contributed by atoms with E-state index in [0.29, 0.717) is 11.3 Å². The van der Waals surface area contributed by atoms with Crippen LogP contribution in [0.5, 0.6) is 5.75 Å². The number of rotatable bonds is 6. The van der Waals surface area contributed by atoms with Crippen molar-refractivity contribution in [1.29, 1.82) is 0 Å². The van der Waals surface area contributed by atoms with Crippen molar-refractivity contribution in [2.45, 2.75) is 13.0 Å². The van der Waals surface area contributed by atoms with Crippen LogP contribution in [0.15, 0.2) is 53.0 Å². The molecule has 0 heterocycles. The first kappa shape index (κ1) is 17.0. The summed E-state index contributed by atoms with van der Waals surface area (Å²) in [5.74, 6) is -0.360. The van der Waals surface area contributed by atoms with E-state index in [0.717, 1.165) is 10.0 Å². The van der Waals surface area contributed by atoms with Crippen LogP contribution < -0.4 is 15.8 Å². The molecule has 0 fully saturated rings. The van der Waals surface area contributed by atoms with E-state index in [1.54, 1.807) is 24.3 Å². The zero-order chi connectivity index (χ0) is 16.8. The SMILES string of the molecule is CC(NC(=O)c1cccc(OCC(N)=O)c1)c1ccc(Br)cc1. The normalized spacial score (nSPS) is 11.6. The highest BCUT2D eigenvalue weighted by atomic mass is 79.9. The fourth-order valence-electron chi connectivity index (χ4n) is 2.00. The summed E-state index contributed by atoms with van der Waals surface area (Å²) in [6, 6.07) is 14.2. The van der Waals surface area contributed by atoms with Gasteiger partial charge in [0.05, 0.1) is 6.04 Å². The number of hydrogen-bond donors (Lipinski definition) is 2. The molecule has 23 heavy (non-hydrogen) atoms. The molecular weight excluding hydrogens is 360 g/mol. The van der Waals surface area contributed by atoms with Crippen LogP contribution in [0.2, 0.25) is 0 Å². The third-order valence-electron chi connectivity index (χ3n) is 3.19. The number of amides is 2. The van der Waals surface area contributed by atoms with Crippen LogP contribution in [-0.4, -0.2) is 18.4 Å². The highest BCUT2D eigenvalue weighted by Gasteiger charge is 2.12. The third-order valence-corrected chi connectivity index (χ3v) is 3.72. The van der Waals surface area contributed by atoms with Gasteiger partial charge >= 0.3 is 0 Å². The molecule has 1 unspecified atom stereocenters. The van der Waals surface area contributed by atoms with Gasteiger partial charge in [-0.25, -0.2) is 0 Å². The summed E-state index contributed by atoms with van der Waals surface area (Å²) >= 11 is 3.38. The average molecular weight is 377 g/mol. The Bertz CT molecular complexity index is 701. The van der Waals surface area contributed by atoms with E-state index in [-0.39, 0.29) is 18.6 Å². The van der Waals surface area contributed by atoms with Gasteiger partial charge in [0.15, 0.2) is 6.61 Å². The summed E-state index contributed by atoms with van der Waals surface area (Å²) in [5.41, 5.74) is 6.49. The van der Waals surface area contributed by atoms with Crippen LogP contribution in [0, 0.1) is 0 Å². The van der Waals surface area contributed by atoms with Crippen LogP contribution in [-0.2, 0) is 4.79 Å². The lowest BCUT2D eigenvalue weighted by atomic mass is 10.1. The lowest BCUT2D eigenvalue weighted by Gasteiger charge is -2.15. The maximum absolute atomic E-state index is 12.3. The molecule has 3 N–H and O–H groups in total. The van der Waals surface area contributed by atoms with Crippen molar-refractivity contribution in [2.75, 3.05) is 6.61 Å². The molecule has 0 saturated heterocycles. The topological polar surface area (TPSA) is 81.4 Å². The number of nitrogens with two attached hydrogens (primary N) is 1. The van der Waals surface area contributed by atoms with E-state index in [2.05, 4.69) is 21.2 Å². The van der Waals surface area contributed by atoms with E-state index in [1.807, 2.05) is 31.2 Å². The quantitative estimate of drug-likeness (QED) is 0.812. The zero-order valence-electron chi connectivity index (χ0n) is 12.6. The highest BCUT2D eigenvalue weighted by molar-refractivity contribution is 9.10. The molecule has 0 aliphatic carbocycles. The first-order chi connectivity index (χ1) is 11.0. The van der Waals surface area contributed by atoms with Crippen molar-refractivity contribution in [1.82, 2.24) is 5.32 Å². The molecule has 0 radical (unpaired) electrons. The predicted octanol–water partition coefficient (Wildman–Crippen LogP) is 2.80. The van der Waals surface area contributed by atoms with Gasteiger partial charge in [-0.15, -0.1) is 0 Å². The molecule has 2 aromatic carbocycles. The minimum atomic E-state index is -0.566. The molecule has 0 saturated carbocycles. The Morgan fingerprint density at radius 3 is 2.57 bits per heavy atom. The number of halogens is 1. The Morgan fingerprint density at radius 2 is 1.91 bits per heavy atom. The Hall–Kier alpha value is -2.34. The van der Waals surface area contributed by atoms with Gasteiger partial charge < -0.3 is 15.8 Å². The number of nitrogens with one attached hydrogen (secondary N) is 1. The molecule has 0 spiro atoms. The van der Waals surface area contributed by atoms with Gasteiger partial charge in [-0.1, -0.05) is 34.1 Å². The Balaban J connectivity index is 2.03. The van der Waals surface area contributed by atoms with Crippen LogP contribution in [0.3, 0.4) is 0 Å². The molecule has 2 amide bonds. The maximum atomic E-state index is 12.3. The molecule has 1 atom stereocenters. The number of hydrogen-bond acceptors (Lipinski definition) is 3. The summed E-state index contributed by atoms with van der Waals surface area (Å²) in [6.45, 7) is 1.69. The summed E-state index contributed by atoms with van der Waals surface area (Å²) in [7, 11) is 0. The minimum absolute atomic E-state index is 0.134. The second-order valence-electron chi connectivity index (χ2n) is 5.03. The van der Waals surface area contributed by atoms with Gasteiger partial charge in [0.1, 0.15) is 5.75 Å². The lowest BCUT2D eigenvalue weighted by Crippen LogP contribution is -2.26. The van der Waals surface area contributed by atoms with E-state index in [4.69, 9.17) is 10.5 Å². The van der Waals surface area contributed by atoms with Crippen molar-refractivity contribution in [2.24, 2.45) is 5.73 Å². The molecular formula is C17H17BrN2O3. The summed E-state index contributed by atoms with van der Waals surface area (Å²) < 4.78 is 6.19. The van der Waals surface area contributed by atoms with Crippen LogP contribution in [0.25, 0.3) is 0 Å². The second-order valence-corrected chi connectivity index (χ2v) is 5.95. The van der Waals surface area contributed by atoms with Crippen molar-refractivity contribution in [3.8, 4) is 5.75 Å². The van der Waals surface area contributed by atoms with Crippen LogP contribution >= 0.6 is 15.9 Å². The lowest BCUT2D eigenvalue weighted by molar-refractivity contribution is -0.119. The van der Waals surface area contributed by atoms with Gasteiger partial charge in [-0.3, -0.25) is 9.59 Å². The largest absolute Gasteiger partial charge is 0.484 e. The fourth-order valence-corrected chi connectivity index (χ4v) is 2.26. The van der Waals surface area contributed by atoms with Gasteiger partial charge in [-0.05, 0) is 42.8 Å². The second kappa shape index (κ2) is 7.78. The number of ether oxygens (including phenoxy) is 1. The number of carbonyl (C=O) groups is 2. The molecule has 0 aliphatic heterocycles.